The van der Waals surface area contributed by atoms with E-state index in [1.54, 1.807) is 14.2 Å². The summed E-state index contributed by atoms with van der Waals surface area (Å²) in [4.78, 5) is 11.8. The minimum Gasteiger partial charge on any atom is -0.496 e. The first kappa shape index (κ1) is 34.6. The number of aryl methyl sites for hydroxylation is 1. The quantitative estimate of drug-likeness (QED) is 0.109. The van der Waals surface area contributed by atoms with E-state index in [-0.39, 0.29) is 5.97 Å². The Bertz CT molecular complexity index is 1260. The SMILES string of the molecule is COc1cc(OCCOCc2ccc(C)cc2)cc(OC)c1CNc1cccc(OCCCCCCC(=O)OC(C)(C)C)c1. The third kappa shape index (κ3) is 12.8. The molecule has 0 aliphatic carbocycles. The van der Waals surface area contributed by atoms with Crippen molar-refractivity contribution in [2.45, 2.75) is 78.6 Å². The number of nitrogens with one attached hydrogen (secondary N) is 1. The number of hydrogen-bond acceptors (Lipinski definition) is 8. The fourth-order valence-corrected chi connectivity index (χ4v) is 4.50. The Morgan fingerprint density at radius 3 is 2.14 bits per heavy atom. The topological polar surface area (TPSA) is 84.5 Å². The van der Waals surface area contributed by atoms with E-state index in [0.29, 0.717) is 56.6 Å². The highest BCUT2D eigenvalue weighted by atomic mass is 16.6. The number of anilines is 1. The van der Waals surface area contributed by atoms with E-state index in [1.807, 2.05) is 57.2 Å². The van der Waals surface area contributed by atoms with E-state index in [0.717, 1.165) is 48.2 Å². The molecule has 0 amide bonds. The summed E-state index contributed by atoms with van der Waals surface area (Å²) in [6, 6.07) is 19.9. The summed E-state index contributed by atoms with van der Waals surface area (Å²) in [5.74, 6) is 2.67. The van der Waals surface area contributed by atoms with Crippen LogP contribution in [0.25, 0.3) is 0 Å². The van der Waals surface area contributed by atoms with Gasteiger partial charge in [-0.15, -0.1) is 0 Å². The Kier molecular flexibility index (Phi) is 14.2. The van der Waals surface area contributed by atoms with Crippen molar-refractivity contribution in [2.75, 3.05) is 39.4 Å². The van der Waals surface area contributed by atoms with Gasteiger partial charge in [0.25, 0.3) is 0 Å². The molecular weight excluding hydrogens is 558 g/mol. The molecule has 0 fully saturated rings. The number of carbonyl (C=O) groups excluding carboxylic acids is 1. The maximum absolute atomic E-state index is 11.8. The second kappa shape index (κ2) is 18.0. The monoisotopic (exact) mass is 607 g/mol. The number of carbonyl (C=O) groups is 1. The molecule has 0 heterocycles. The lowest BCUT2D eigenvalue weighted by Gasteiger charge is -2.19. The van der Waals surface area contributed by atoms with Gasteiger partial charge in [-0.2, -0.15) is 0 Å². The number of unbranched alkanes of at least 4 members (excludes halogenated alkanes) is 3. The van der Waals surface area contributed by atoms with Crippen molar-refractivity contribution in [1.29, 1.82) is 0 Å². The number of hydrogen-bond donors (Lipinski definition) is 1. The first-order valence-corrected chi connectivity index (χ1v) is 15.4. The second-order valence-electron chi connectivity index (χ2n) is 11.7. The minimum atomic E-state index is -0.426. The highest BCUT2D eigenvalue weighted by Gasteiger charge is 2.16. The van der Waals surface area contributed by atoms with Crippen molar-refractivity contribution in [3.05, 3.63) is 77.4 Å². The van der Waals surface area contributed by atoms with Crippen molar-refractivity contribution >= 4 is 11.7 Å². The van der Waals surface area contributed by atoms with E-state index >= 15 is 0 Å². The number of methoxy groups -OCH3 is 2. The van der Waals surface area contributed by atoms with Gasteiger partial charge in [0.1, 0.15) is 35.2 Å². The molecule has 8 heteroatoms. The lowest BCUT2D eigenvalue weighted by atomic mass is 10.1. The standard InChI is InChI=1S/C36H49NO7/c1-27-15-17-28(18-16-27)26-41-20-21-43-31-23-33(39-5)32(34(24-31)40-6)25-37-29-12-11-13-30(22-29)42-19-10-8-7-9-14-35(38)44-36(2,3)4/h11-13,15-18,22-24,37H,7-10,14,19-21,25-26H2,1-6H3. The van der Waals surface area contributed by atoms with E-state index in [1.165, 1.54) is 5.56 Å². The van der Waals surface area contributed by atoms with E-state index in [4.69, 9.17) is 28.4 Å². The van der Waals surface area contributed by atoms with Crippen LogP contribution in [0.2, 0.25) is 0 Å². The molecule has 0 aliphatic heterocycles. The van der Waals surface area contributed by atoms with E-state index in [2.05, 4.69) is 36.5 Å². The lowest BCUT2D eigenvalue weighted by molar-refractivity contribution is -0.154. The van der Waals surface area contributed by atoms with E-state index < -0.39 is 5.60 Å². The highest BCUT2D eigenvalue weighted by Crippen LogP contribution is 2.35. The molecule has 3 aromatic rings. The molecule has 0 atom stereocenters. The fraction of sp³-hybridized carbons (Fsp3) is 0.472. The van der Waals surface area contributed by atoms with Crippen molar-refractivity contribution in [3.8, 4) is 23.0 Å². The lowest BCUT2D eigenvalue weighted by Crippen LogP contribution is -2.23. The van der Waals surface area contributed by atoms with Crippen LogP contribution in [-0.2, 0) is 27.4 Å². The Morgan fingerprint density at radius 2 is 1.45 bits per heavy atom. The summed E-state index contributed by atoms with van der Waals surface area (Å²) in [6.07, 6.45) is 4.19. The van der Waals surface area contributed by atoms with Crippen LogP contribution in [0.15, 0.2) is 60.7 Å². The molecule has 44 heavy (non-hydrogen) atoms. The fourth-order valence-electron chi connectivity index (χ4n) is 4.50. The van der Waals surface area contributed by atoms with Crippen molar-refractivity contribution in [2.24, 2.45) is 0 Å². The van der Waals surface area contributed by atoms with Gasteiger partial charge in [-0.05, 0) is 58.2 Å². The molecule has 1 N–H and O–H groups in total. The minimum absolute atomic E-state index is 0.132. The molecule has 3 rings (SSSR count). The van der Waals surface area contributed by atoms with Crippen LogP contribution >= 0.6 is 0 Å². The maximum atomic E-state index is 11.8. The number of esters is 1. The van der Waals surface area contributed by atoms with Crippen LogP contribution in [0, 0.1) is 6.92 Å². The van der Waals surface area contributed by atoms with Gasteiger partial charge in [-0.3, -0.25) is 4.79 Å². The average Bonchev–Trinajstić information content (AvgIpc) is 2.99. The second-order valence-corrected chi connectivity index (χ2v) is 11.7. The van der Waals surface area contributed by atoms with Crippen LogP contribution in [0.3, 0.4) is 0 Å². The van der Waals surface area contributed by atoms with Crippen molar-refractivity contribution < 1.29 is 33.2 Å². The molecule has 8 nitrogen and oxygen atoms in total. The van der Waals surface area contributed by atoms with Gasteiger partial charge in [-0.25, -0.2) is 0 Å². The summed E-state index contributed by atoms with van der Waals surface area (Å²) in [5, 5.41) is 3.45. The predicted octanol–water partition coefficient (Wildman–Crippen LogP) is 7.89. The number of ether oxygens (including phenoxy) is 6. The van der Waals surface area contributed by atoms with E-state index in [9.17, 15) is 4.79 Å². The van der Waals surface area contributed by atoms with Gasteiger partial charge >= 0.3 is 5.97 Å². The Balaban J connectivity index is 1.42. The van der Waals surface area contributed by atoms with Crippen molar-refractivity contribution in [1.82, 2.24) is 0 Å². The van der Waals surface area contributed by atoms with Crippen LogP contribution < -0.4 is 24.3 Å². The average molecular weight is 608 g/mol. The summed E-state index contributed by atoms with van der Waals surface area (Å²) >= 11 is 0. The molecule has 3 aromatic carbocycles. The van der Waals surface area contributed by atoms with Crippen LogP contribution in [0.5, 0.6) is 23.0 Å². The zero-order valence-electron chi connectivity index (χ0n) is 27.2. The summed E-state index contributed by atoms with van der Waals surface area (Å²) < 4.78 is 34.4. The zero-order valence-corrected chi connectivity index (χ0v) is 27.2. The molecule has 0 bridgehead atoms. The predicted molar refractivity (Wildman–Crippen MR) is 174 cm³/mol. The van der Waals surface area contributed by atoms with Gasteiger partial charge in [0.2, 0.25) is 0 Å². The van der Waals surface area contributed by atoms with Crippen LogP contribution in [0.1, 0.15) is 69.6 Å². The molecule has 0 aromatic heterocycles. The maximum Gasteiger partial charge on any atom is 0.306 e. The molecule has 0 unspecified atom stereocenters. The zero-order chi connectivity index (χ0) is 31.8. The third-order valence-electron chi connectivity index (χ3n) is 6.73. The summed E-state index contributed by atoms with van der Waals surface area (Å²) in [6.45, 7) is 10.3. The first-order chi connectivity index (χ1) is 21.2. The number of benzene rings is 3. The summed E-state index contributed by atoms with van der Waals surface area (Å²) in [5.41, 5.74) is 3.75. The van der Waals surface area contributed by atoms with Gasteiger partial charge in [0.15, 0.2) is 0 Å². The van der Waals surface area contributed by atoms with Gasteiger partial charge < -0.3 is 33.7 Å². The van der Waals surface area contributed by atoms with Gasteiger partial charge in [0.05, 0.1) is 39.6 Å². The van der Waals surface area contributed by atoms with Gasteiger partial charge in [0, 0.05) is 36.9 Å². The molecule has 240 valence electrons. The third-order valence-corrected chi connectivity index (χ3v) is 6.73. The number of rotatable bonds is 19. The van der Waals surface area contributed by atoms with Crippen LogP contribution in [-0.4, -0.2) is 45.6 Å². The first-order valence-electron chi connectivity index (χ1n) is 15.4. The molecule has 0 aliphatic rings. The molecule has 0 saturated carbocycles. The molecule has 0 spiro atoms. The Morgan fingerprint density at radius 1 is 0.773 bits per heavy atom. The van der Waals surface area contributed by atoms with Gasteiger partial charge in [-0.1, -0.05) is 48.7 Å². The largest absolute Gasteiger partial charge is 0.496 e. The molecular formula is C36H49NO7. The normalized spacial score (nSPS) is 11.1. The Labute approximate surface area is 263 Å². The Hall–Kier alpha value is -3.91. The van der Waals surface area contributed by atoms with Crippen LogP contribution in [0.4, 0.5) is 5.69 Å². The van der Waals surface area contributed by atoms with Crippen molar-refractivity contribution in [3.63, 3.8) is 0 Å². The highest BCUT2D eigenvalue weighted by molar-refractivity contribution is 5.69. The molecule has 0 radical (unpaired) electrons. The smallest absolute Gasteiger partial charge is 0.306 e. The molecule has 0 saturated heterocycles. The summed E-state index contributed by atoms with van der Waals surface area (Å²) in [7, 11) is 3.28.